The Hall–Kier alpha value is -0.520. The van der Waals surface area contributed by atoms with Crippen molar-refractivity contribution in [2.75, 3.05) is 6.61 Å². The lowest BCUT2D eigenvalue weighted by molar-refractivity contribution is -0.137. The maximum atomic E-state index is 11.1. The molecule has 3 nitrogen and oxygen atoms in total. The van der Waals surface area contributed by atoms with Crippen molar-refractivity contribution in [3.05, 3.63) is 21.2 Å². The van der Waals surface area contributed by atoms with Gasteiger partial charge in [0.05, 0.1) is 15.4 Å². The van der Waals surface area contributed by atoms with Gasteiger partial charge in [0, 0.05) is 6.42 Å². The van der Waals surface area contributed by atoms with E-state index in [4.69, 9.17) is 9.15 Å². The van der Waals surface area contributed by atoms with E-state index in [0.717, 1.165) is 21.5 Å². The zero-order valence-corrected chi connectivity index (χ0v) is 8.96. The van der Waals surface area contributed by atoms with Gasteiger partial charge in [-0.15, -0.1) is 0 Å². The molecule has 0 amide bonds. The summed E-state index contributed by atoms with van der Waals surface area (Å²) >= 11 is 2.24. The SMILES string of the molecule is O=C1CC2(CO1)Cc1cc(I)c2o1. The van der Waals surface area contributed by atoms with Crippen LogP contribution in [-0.2, 0) is 21.4 Å². The van der Waals surface area contributed by atoms with Gasteiger partial charge in [-0.3, -0.25) is 4.79 Å². The molecule has 0 radical (unpaired) electrons. The second kappa shape index (κ2) is 2.29. The van der Waals surface area contributed by atoms with Crippen molar-refractivity contribution < 1.29 is 13.9 Å². The molecule has 1 atom stereocenters. The predicted octanol–water partition coefficient (Wildman–Crippen LogP) is 1.63. The second-order valence-electron chi connectivity index (χ2n) is 3.68. The van der Waals surface area contributed by atoms with Gasteiger partial charge in [-0.25, -0.2) is 0 Å². The van der Waals surface area contributed by atoms with Crippen molar-refractivity contribution in [3.63, 3.8) is 0 Å². The fourth-order valence-electron chi connectivity index (χ4n) is 2.14. The normalized spacial score (nSPS) is 30.1. The fourth-order valence-corrected chi connectivity index (χ4v) is 3.16. The number of furan rings is 1. The van der Waals surface area contributed by atoms with Crippen molar-refractivity contribution in [1.29, 1.82) is 0 Å². The molecule has 1 aromatic heterocycles. The molecule has 1 unspecified atom stereocenters. The van der Waals surface area contributed by atoms with Gasteiger partial charge in [0.1, 0.15) is 18.1 Å². The van der Waals surface area contributed by atoms with Crippen LogP contribution in [0.1, 0.15) is 17.9 Å². The number of carbonyl (C=O) groups is 1. The van der Waals surface area contributed by atoms with E-state index in [2.05, 4.69) is 22.6 Å². The molecule has 1 saturated heterocycles. The summed E-state index contributed by atoms with van der Waals surface area (Å²) in [5, 5.41) is 0. The molecule has 2 aliphatic rings. The summed E-state index contributed by atoms with van der Waals surface area (Å²) in [6.45, 7) is 0.491. The van der Waals surface area contributed by atoms with E-state index in [9.17, 15) is 4.79 Å². The molecule has 2 bridgehead atoms. The zero-order valence-electron chi connectivity index (χ0n) is 6.80. The fraction of sp³-hybridized carbons (Fsp3) is 0.444. The summed E-state index contributed by atoms with van der Waals surface area (Å²) in [5.41, 5.74) is -0.141. The Labute approximate surface area is 88.6 Å². The summed E-state index contributed by atoms with van der Waals surface area (Å²) in [6, 6.07) is 2.03. The smallest absolute Gasteiger partial charge is 0.306 e. The highest BCUT2D eigenvalue weighted by atomic mass is 127. The number of rotatable bonds is 0. The molecule has 4 heteroatoms. The number of fused-ring (bicyclic) bond motifs is 3. The number of ether oxygens (including phenoxy) is 1. The predicted molar refractivity (Wildman–Crippen MR) is 52.4 cm³/mol. The number of carbonyl (C=O) groups excluding carboxylic acids is 1. The molecule has 1 spiro atoms. The Morgan fingerprint density at radius 1 is 1.46 bits per heavy atom. The van der Waals surface area contributed by atoms with E-state index in [1.807, 2.05) is 6.07 Å². The average molecular weight is 290 g/mol. The summed E-state index contributed by atoms with van der Waals surface area (Å²) in [4.78, 5) is 11.1. The standard InChI is InChI=1S/C9H7IO3/c10-6-1-5-2-9(8(6)13-5)3-7(11)12-4-9/h1H,2-4H2. The van der Waals surface area contributed by atoms with Gasteiger partial charge < -0.3 is 9.15 Å². The molecule has 1 fully saturated rings. The number of hydrogen-bond donors (Lipinski definition) is 0. The van der Waals surface area contributed by atoms with Crippen LogP contribution in [0.4, 0.5) is 0 Å². The zero-order chi connectivity index (χ0) is 9.05. The van der Waals surface area contributed by atoms with Crippen LogP contribution < -0.4 is 0 Å². The van der Waals surface area contributed by atoms with Crippen LogP contribution in [0.3, 0.4) is 0 Å². The molecule has 0 aliphatic carbocycles. The number of hydrogen-bond acceptors (Lipinski definition) is 3. The maximum absolute atomic E-state index is 11.1. The summed E-state index contributed by atoms with van der Waals surface area (Å²) in [6.07, 6.45) is 1.31. The molecular formula is C9H7IO3. The van der Waals surface area contributed by atoms with Gasteiger partial charge in [0.15, 0.2) is 0 Å². The van der Waals surface area contributed by atoms with Gasteiger partial charge >= 0.3 is 5.97 Å². The molecular weight excluding hydrogens is 283 g/mol. The van der Waals surface area contributed by atoms with E-state index in [1.165, 1.54) is 0 Å². The molecule has 2 aliphatic heterocycles. The first-order valence-electron chi connectivity index (χ1n) is 4.14. The van der Waals surface area contributed by atoms with Crippen LogP contribution in [0.25, 0.3) is 0 Å². The Morgan fingerprint density at radius 3 is 2.85 bits per heavy atom. The highest BCUT2D eigenvalue weighted by Gasteiger charge is 2.50. The quantitative estimate of drug-likeness (QED) is 0.538. The minimum atomic E-state index is -0.141. The molecule has 3 heterocycles. The Balaban J connectivity index is 2.09. The average Bonchev–Trinajstić information content (AvgIpc) is 2.66. The molecule has 13 heavy (non-hydrogen) atoms. The van der Waals surface area contributed by atoms with E-state index < -0.39 is 0 Å². The third-order valence-electron chi connectivity index (χ3n) is 2.72. The van der Waals surface area contributed by atoms with E-state index in [-0.39, 0.29) is 11.4 Å². The largest absolute Gasteiger partial charge is 0.465 e. The monoisotopic (exact) mass is 290 g/mol. The molecule has 1 aromatic rings. The minimum Gasteiger partial charge on any atom is -0.465 e. The summed E-state index contributed by atoms with van der Waals surface area (Å²) in [5.74, 6) is 1.83. The van der Waals surface area contributed by atoms with Crippen molar-refractivity contribution in [2.45, 2.75) is 18.3 Å². The van der Waals surface area contributed by atoms with Crippen LogP contribution >= 0.6 is 22.6 Å². The van der Waals surface area contributed by atoms with Gasteiger partial charge in [-0.05, 0) is 28.7 Å². The Morgan fingerprint density at radius 2 is 2.31 bits per heavy atom. The third-order valence-corrected chi connectivity index (χ3v) is 3.53. The first kappa shape index (κ1) is 7.84. The lowest BCUT2D eigenvalue weighted by Gasteiger charge is -2.18. The van der Waals surface area contributed by atoms with E-state index in [1.54, 1.807) is 0 Å². The second-order valence-corrected chi connectivity index (χ2v) is 4.85. The van der Waals surface area contributed by atoms with E-state index in [0.29, 0.717) is 13.0 Å². The maximum Gasteiger partial charge on any atom is 0.306 e. The van der Waals surface area contributed by atoms with Gasteiger partial charge in [-0.1, -0.05) is 0 Å². The number of esters is 1. The lowest BCUT2D eigenvalue weighted by Crippen LogP contribution is -2.27. The van der Waals surface area contributed by atoms with Crippen LogP contribution in [0.2, 0.25) is 0 Å². The molecule has 0 saturated carbocycles. The molecule has 3 rings (SSSR count). The molecule has 0 N–H and O–H groups in total. The lowest BCUT2D eigenvalue weighted by atomic mass is 9.80. The first-order chi connectivity index (χ1) is 6.20. The van der Waals surface area contributed by atoms with Crippen LogP contribution in [-0.4, -0.2) is 12.6 Å². The Bertz CT molecular complexity index is 396. The highest BCUT2D eigenvalue weighted by molar-refractivity contribution is 14.1. The van der Waals surface area contributed by atoms with Crippen LogP contribution in [0.15, 0.2) is 10.5 Å². The minimum absolute atomic E-state index is 0.103. The number of cyclic esters (lactones) is 1. The topological polar surface area (TPSA) is 39.4 Å². The van der Waals surface area contributed by atoms with Crippen molar-refractivity contribution in [3.8, 4) is 0 Å². The Kier molecular flexibility index (Phi) is 1.38. The first-order valence-corrected chi connectivity index (χ1v) is 5.22. The summed E-state index contributed by atoms with van der Waals surface area (Å²) < 4.78 is 11.7. The van der Waals surface area contributed by atoms with Crippen LogP contribution in [0.5, 0.6) is 0 Å². The van der Waals surface area contributed by atoms with Gasteiger partial charge in [0.2, 0.25) is 0 Å². The summed E-state index contributed by atoms with van der Waals surface area (Å²) in [7, 11) is 0. The van der Waals surface area contributed by atoms with Crippen LogP contribution in [0, 0.1) is 3.57 Å². The van der Waals surface area contributed by atoms with Crippen molar-refractivity contribution in [2.24, 2.45) is 0 Å². The molecule has 0 aromatic carbocycles. The van der Waals surface area contributed by atoms with Gasteiger partial charge in [0.25, 0.3) is 0 Å². The highest BCUT2D eigenvalue weighted by Crippen LogP contribution is 2.46. The van der Waals surface area contributed by atoms with Gasteiger partial charge in [-0.2, -0.15) is 0 Å². The van der Waals surface area contributed by atoms with E-state index >= 15 is 0 Å². The number of halogens is 1. The third kappa shape index (κ3) is 0.920. The molecule has 68 valence electrons. The van der Waals surface area contributed by atoms with Crippen molar-refractivity contribution >= 4 is 28.6 Å². The van der Waals surface area contributed by atoms with Crippen molar-refractivity contribution in [1.82, 2.24) is 0 Å².